The number of halogens is 4. The predicted octanol–water partition coefficient (Wildman–Crippen LogP) is 3.61. The molecule has 0 saturated carbocycles. The molecule has 1 atom stereocenters. The minimum Gasteiger partial charge on any atom is -0.372 e. The predicted molar refractivity (Wildman–Crippen MR) is 50.6 cm³/mol. The van der Waals surface area contributed by atoms with Crippen LogP contribution >= 0.6 is 11.6 Å². The van der Waals surface area contributed by atoms with Gasteiger partial charge in [0, 0.05) is 12.5 Å². The van der Waals surface area contributed by atoms with E-state index in [2.05, 4.69) is 4.74 Å². The van der Waals surface area contributed by atoms with Gasteiger partial charge in [-0.15, -0.1) is 11.6 Å². The van der Waals surface area contributed by atoms with E-state index in [9.17, 15) is 13.2 Å². The second-order valence-corrected chi connectivity index (χ2v) is 3.55. The summed E-state index contributed by atoms with van der Waals surface area (Å²) in [5.74, 6) is 0.960. The van der Waals surface area contributed by atoms with Gasteiger partial charge in [-0.05, 0) is 18.8 Å². The van der Waals surface area contributed by atoms with E-state index in [1.807, 2.05) is 6.92 Å². The van der Waals surface area contributed by atoms with Gasteiger partial charge >= 0.3 is 6.18 Å². The summed E-state index contributed by atoms with van der Waals surface area (Å²) in [5.41, 5.74) is 0. The van der Waals surface area contributed by atoms with Gasteiger partial charge in [-0.25, -0.2) is 0 Å². The monoisotopic (exact) mass is 232 g/mol. The van der Waals surface area contributed by atoms with Gasteiger partial charge in [0.25, 0.3) is 0 Å². The molecule has 0 aromatic rings. The van der Waals surface area contributed by atoms with Crippen molar-refractivity contribution in [1.82, 2.24) is 0 Å². The molecule has 0 N–H and O–H groups in total. The summed E-state index contributed by atoms with van der Waals surface area (Å²) in [6.45, 7) is 1.03. The van der Waals surface area contributed by atoms with Crippen molar-refractivity contribution in [2.75, 3.05) is 19.1 Å². The normalized spacial score (nSPS) is 14.4. The molecule has 0 amide bonds. The van der Waals surface area contributed by atoms with E-state index in [1.165, 1.54) is 0 Å². The first-order valence-electron chi connectivity index (χ1n) is 4.70. The summed E-state index contributed by atoms with van der Waals surface area (Å²) >= 11 is 5.63. The molecule has 0 bridgehead atoms. The van der Waals surface area contributed by atoms with Crippen LogP contribution in [0.2, 0.25) is 0 Å². The number of hydrogen-bond acceptors (Lipinski definition) is 1. The lowest BCUT2D eigenvalue weighted by atomic mass is 10.0. The fourth-order valence-corrected chi connectivity index (χ4v) is 1.42. The van der Waals surface area contributed by atoms with Crippen LogP contribution in [-0.2, 0) is 4.74 Å². The molecule has 0 aliphatic rings. The molecule has 0 saturated heterocycles. The first-order valence-corrected chi connectivity index (χ1v) is 5.23. The number of hydrogen-bond donors (Lipinski definition) is 0. The zero-order valence-corrected chi connectivity index (χ0v) is 9.00. The smallest absolute Gasteiger partial charge is 0.372 e. The average molecular weight is 233 g/mol. The zero-order valence-electron chi connectivity index (χ0n) is 8.24. The van der Waals surface area contributed by atoms with Gasteiger partial charge in [0.05, 0.1) is 0 Å². The molecule has 1 nitrogen and oxygen atoms in total. The highest BCUT2D eigenvalue weighted by Crippen LogP contribution is 2.16. The highest BCUT2D eigenvalue weighted by atomic mass is 35.5. The summed E-state index contributed by atoms with van der Waals surface area (Å²) in [6.07, 6.45) is -1.78. The van der Waals surface area contributed by atoms with E-state index in [0.29, 0.717) is 18.2 Å². The van der Waals surface area contributed by atoms with E-state index in [0.717, 1.165) is 12.8 Å². The van der Waals surface area contributed by atoms with Crippen molar-refractivity contribution in [1.29, 1.82) is 0 Å². The molecule has 1 unspecified atom stereocenters. The molecule has 0 aliphatic carbocycles. The quantitative estimate of drug-likeness (QED) is 0.481. The van der Waals surface area contributed by atoms with Crippen molar-refractivity contribution < 1.29 is 17.9 Å². The van der Waals surface area contributed by atoms with Crippen LogP contribution in [-0.4, -0.2) is 25.3 Å². The molecule has 0 heterocycles. The third kappa shape index (κ3) is 8.63. The van der Waals surface area contributed by atoms with Gasteiger partial charge in [0.1, 0.15) is 6.61 Å². The third-order valence-corrected chi connectivity index (χ3v) is 2.40. The summed E-state index contributed by atoms with van der Waals surface area (Å²) in [7, 11) is 0. The van der Waals surface area contributed by atoms with Gasteiger partial charge in [-0.3, -0.25) is 0 Å². The van der Waals surface area contributed by atoms with E-state index < -0.39 is 12.8 Å². The van der Waals surface area contributed by atoms with E-state index in [-0.39, 0.29) is 6.61 Å². The fourth-order valence-electron chi connectivity index (χ4n) is 1.05. The highest BCUT2D eigenvalue weighted by Gasteiger charge is 2.27. The number of ether oxygens (including phenoxy) is 1. The van der Waals surface area contributed by atoms with E-state index in [1.54, 1.807) is 0 Å². The van der Waals surface area contributed by atoms with Crippen LogP contribution in [0.15, 0.2) is 0 Å². The van der Waals surface area contributed by atoms with Crippen LogP contribution < -0.4 is 0 Å². The SMILES string of the molecule is CCC(CCl)CCCOCC(F)(F)F. The Balaban J connectivity index is 3.29. The maximum Gasteiger partial charge on any atom is 0.411 e. The fraction of sp³-hybridized carbons (Fsp3) is 1.00. The second kappa shape index (κ2) is 7.35. The molecular formula is C9H16ClF3O. The molecule has 0 aliphatic heterocycles. The minimum absolute atomic E-state index is 0.160. The van der Waals surface area contributed by atoms with Crippen molar-refractivity contribution in [3.63, 3.8) is 0 Å². The average Bonchev–Trinajstić information content (AvgIpc) is 2.09. The Morgan fingerprint density at radius 1 is 1.36 bits per heavy atom. The molecule has 0 aromatic carbocycles. The summed E-state index contributed by atoms with van der Waals surface area (Å²) < 4.78 is 39.4. The topological polar surface area (TPSA) is 9.23 Å². The van der Waals surface area contributed by atoms with Crippen molar-refractivity contribution in [3.8, 4) is 0 Å². The van der Waals surface area contributed by atoms with Crippen molar-refractivity contribution >= 4 is 11.6 Å². The Morgan fingerprint density at radius 2 is 2.00 bits per heavy atom. The van der Waals surface area contributed by atoms with Crippen molar-refractivity contribution in [2.45, 2.75) is 32.4 Å². The third-order valence-electron chi connectivity index (χ3n) is 1.96. The lowest BCUT2D eigenvalue weighted by Crippen LogP contribution is -2.17. The van der Waals surface area contributed by atoms with Crippen LogP contribution in [0.1, 0.15) is 26.2 Å². The van der Waals surface area contributed by atoms with Crippen molar-refractivity contribution in [3.05, 3.63) is 0 Å². The molecule has 0 spiro atoms. The Kier molecular flexibility index (Phi) is 7.37. The standard InChI is InChI=1S/C9H16ClF3O/c1-2-8(6-10)4-3-5-14-7-9(11,12)13/h8H,2-7H2,1H3. The first kappa shape index (κ1) is 14.0. The second-order valence-electron chi connectivity index (χ2n) is 3.24. The molecule has 14 heavy (non-hydrogen) atoms. The minimum atomic E-state index is -4.21. The number of alkyl halides is 4. The van der Waals surface area contributed by atoms with Gasteiger partial charge in [0.15, 0.2) is 0 Å². The van der Waals surface area contributed by atoms with Gasteiger partial charge in [-0.1, -0.05) is 13.3 Å². The first-order chi connectivity index (χ1) is 6.49. The van der Waals surface area contributed by atoms with Crippen LogP contribution in [0.3, 0.4) is 0 Å². The molecule has 0 fully saturated rings. The Hall–Kier alpha value is 0.0400. The van der Waals surface area contributed by atoms with Crippen LogP contribution in [0.4, 0.5) is 13.2 Å². The Morgan fingerprint density at radius 3 is 2.43 bits per heavy atom. The van der Waals surface area contributed by atoms with Crippen LogP contribution in [0.5, 0.6) is 0 Å². The lowest BCUT2D eigenvalue weighted by molar-refractivity contribution is -0.174. The summed E-state index contributed by atoms with van der Waals surface area (Å²) in [6, 6.07) is 0. The van der Waals surface area contributed by atoms with Gasteiger partial charge in [0.2, 0.25) is 0 Å². The largest absolute Gasteiger partial charge is 0.411 e. The maximum absolute atomic E-state index is 11.6. The lowest BCUT2D eigenvalue weighted by Gasteiger charge is -2.11. The van der Waals surface area contributed by atoms with Crippen molar-refractivity contribution in [2.24, 2.45) is 5.92 Å². The van der Waals surface area contributed by atoms with Crippen LogP contribution in [0.25, 0.3) is 0 Å². The van der Waals surface area contributed by atoms with E-state index >= 15 is 0 Å². The molecule has 0 rings (SSSR count). The molecular weight excluding hydrogens is 217 g/mol. The Bertz CT molecular complexity index is 135. The summed E-state index contributed by atoms with van der Waals surface area (Å²) in [4.78, 5) is 0. The Labute approximate surface area is 87.6 Å². The number of rotatable bonds is 7. The maximum atomic E-state index is 11.6. The van der Waals surface area contributed by atoms with Gasteiger partial charge in [-0.2, -0.15) is 13.2 Å². The molecule has 5 heteroatoms. The van der Waals surface area contributed by atoms with Gasteiger partial charge < -0.3 is 4.74 Å². The molecule has 86 valence electrons. The van der Waals surface area contributed by atoms with E-state index in [4.69, 9.17) is 11.6 Å². The highest BCUT2D eigenvalue weighted by molar-refractivity contribution is 6.18. The zero-order chi connectivity index (χ0) is 11.0. The summed E-state index contributed by atoms with van der Waals surface area (Å²) in [5, 5.41) is 0. The van der Waals surface area contributed by atoms with Crippen LogP contribution in [0, 0.1) is 5.92 Å². The molecule has 0 radical (unpaired) electrons. The molecule has 0 aromatic heterocycles.